The van der Waals surface area contributed by atoms with Crippen molar-refractivity contribution in [3.05, 3.63) is 47.3 Å². The van der Waals surface area contributed by atoms with Gasteiger partial charge in [-0.15, -0.1) is 0 Å². The molecule has 5 nitrogen and oxygen atoms in total. The first-order valence-corrected chi connectivity index (χ1v) is 7.16. The number of aryl methyl sites for hydroxylation is 1. The summed E-state index contributed by atoms with van der Waals surface area (Å²) in [5, 5.41) is 5.82. The van der Waals surface area contributed by atoms with E-state index in [4.69, 9.17) is 0 Å². The van der Waals surface area contributed by atoms with Crippen LogP contribution in [0.25, 0.3) is 0 Å². The number of amides is 1. The zero-order chi connectivity index (χ0) is 16.3. The number of rotatable bonds is 5. The Morgan fingerprint density at radius 3 is 2.41 bits per heavy atom. The molecule has 22 heavy (non-hydrogen) atoms. The van der Waals surface area contributed by atoms with Gasteiger partial charge in [0.25, 0.3) is 0 Å². The van der Waals surface area contributed by atoms with Crippen molar-refractivity contribution in [1.82, 2.24) is 4.57 Å². The van der Waals surface area contributed by atoms with Gasteiger partial charge in [0.1, 0.15) is 0 Å². The zero-order valence-corrected chi connectivity index (χ0v) is 13.4. The first-order valence-electron chi connectivity index (χ1n) is 7.16. The second kappa shape index (κ2) is 6.47. The van der Waals surface area contributed by atoms with E-state index in [1.165, 1.54) is 6.92 Å². The molecule has 0 aliphatic rings. The second-order valence-corrected chi connectivity index (χ2v) is 5.38. The number of aromatic nitrogens is 1. The lowest BCUT2D eigenvalue weighted by Crippen LogP contribution is -2.15. The molecule has 2 aromatic rings. The molecular formula is C17H21N3O2. The van der Waals surface area contributed by atoms with Crippen molar-refractivity contribution >= 4 is 23.1 Å². The minimum absolute atomic E-state index is 0.0473. The maximum atomic E-state index is 12.3. The number of carbonyl (C=O) groups is 2. The van der Waals surface area contributed by atoms with Crippen molar-refractivity contribution < 1.29 is 9.59 Å². The predicted octanol–water partition coefficient (Wildman–Crippen LogP) is 2.90. The van der Waals surface area contributed by atoms with Crippen LogP contribution in [0.15, 0.2) is 30.3 Å². The van der Waals surface area contributed by atoms with Crippen molar-refractivity contribution in [3.63, 3.8) is 0 Å². The summed E-state index contributed by atoms with van der Waals surface area (Å²) in [5.74, 6) is -0.0743. The van der Waals surface area contributed by atoms with Crippen LogP contribution in [0.5, 0.6) is 0 Å². The van der Waals surface area contributed by atoms with Gasteiger partial charge < -0.3 is 15.2 Å². The Bertz CT molecular complexity index is 717. The fraction of sp³-hybridized carbons (Fsp3) is 0.294. The highest BCUT2D eigenvalue weighted by Gasteiger charge is 2.13. The summed E-state index contributed by atoms with van der Waals surface area (Å²) in [5.41, 5.74) is 4.27. The molecule has 116 valence electrons. The maximum Gasteiger partial charge on any atom is 0.221 e. The van der Waals surface area contributed by atoms with E-state index in [9.17, 15) is 9.59 Å². The monoisotopic (exact) mass is 299 g/mol. The number of benzene rings is 1. The van der Waals surface area contributed by atoms with Crippen LogP contribution in [0.2, 0.25) is 0 Å². The summed E-state index contributed by atoms with van der Waals surface area (Å²) in [7, 11) is 1.95. The Labute approximate surface area is 130 Å². The summed E-state index contributed by atoms with van der Waals surface area (Å²) in [6.45, 7) is 5.60. The molecule has 5 heteroatoms. The SMILES string of the molecule is CC(=O)Nc1cccc(NCC(=O)c2cc(C)n(C)c2C)c1. The van der Waals surface area contributed by atoms with Gasteiger partial charge in [-0.2, -0.15) is 0 Å². The Kier molecular flexibility index (Phi) is 4.65. The lowest BCUT2D eigenvalue weighted by atomic mass is 10.1. The Balaban J connectivity index is 2.05. The molecule has 2 rings (SSSR count). The largest absolute Gasteiger partial charge is 0.378 e. The van der Waals surface area contributed by atoms with E-state index in [1.807, 2.05) is 43.7 Å². The lowest BCUT2D eigenvalue weighted by molar-refractivity contribution is -0.114. The minimum Gasteiger partial charge on any atom is -0.378 e. The number of anilines is 2. The summed E-state index contributed by atoms with van der Waals surface area (Å²) in [6.07, 6.45) is 0. The van der Waals surface area contributed by atoms with E-state index < -0.39 is 0 Å². The molecule has 0 saturated carbocycles. The molecular weight excluding hydrogens is 278 g/mol. The number of nitrogens with zero attached hydrogens (tertiary/aromatic N) is 1. The van der Waals surface area contributed by atoms with Gasteiger partial charge in [-0.3, -0.25) is 9.59 Å². The van der Waals surface area contributed by atoms with Crippen molar-refractivity contribution in [2.75, 3.05) is 17.2 Å². The van der Waals surface area contributed by atoms with E-state index in [-0.39, 0.29) is 18.2 Å². The highest BCUT2D eigenvalue weighted by Crippen LogP contribution is 2.17. The predicted molar refractivity (Wildman–Crippen MR) is 88.5 cm³/mol. The summed E-state index contributed by atoms with van der Waals surface area (Å²) >= 11 is 0. The lowest BCUT2D eigenvalue weighted by Gasteiger charge is -2.08. The van der Waals surface area contributed by atoms with Crippen molar-refractivity contribution in [2.24, 2.45) is 7.05 Å². The van der Waals surface area contributed by atoms with Gasteiger partial charge in [-0.25, -0.2) is 0 Å². The average Bonchev–Trinajstić information content (AvgIpc) is 2.72. The molecule has 0 saturated heterocycles. The second-order valence-electron chi connectivity index (χ2n) is 5.38. The Hall–Kier alpha value is -2.56. The number of nitrogens with one attached hydrogen (secondary N) is 2. The van der Waals surface area contributed by atoms with Crippen LogP contribution in [-0.2, 0) is 11.8 Å². The van der Waals surface area contributed by atoms with E-state index in [2.05, 4.69) is 10.6 Å². The molecule has 1 amide bonds. The van der Waals surface area contributed by atoms with Gasteiger partial charge in [0.2, 0.25) is 5.91 Å². The van der Waals surface area contributed by atoms with Crippen LogP contribution in [0.1, 0.15) is 28.7 Å². The van der Waals surface area contributed by atoms with Crippen molar-refractivity contribution in [3.8, 4) is 0 Å². The summed E-state index contributed by atoms with van der Waals surface area (Å²) < 4.78 is 2.00. The first kappa shape index (κ1) is 15.8. The molecule has 0 spiro atoms. The smallest absolute Gasteiger partial charge is 0.221 e. The fourth-order valence-electron chi connectivity index (χ4n) is 2.33. The molecule has 0 aliphatic heterocycles. The van der Waals surface area contributed by atoms with Crippen LogP contribution in [0.3, 0.4) is 0 Å². The molecule has 2 N–H and O–H groups in total. The highest BCUT2D eigenvalue weighted by atomic mass is 16.1. The number of hydrogen-bond acceptors (Lipinski definition) is 3. The molecule has 1 aromatic carbocycles. The standard InChI is InChI=1S/C17H21N3O2/c1-11-8-16(12(2)20(11)4)17(22)10-18-14-6-5-7-15(9-14)19-13(3)21/h5-9,18H,10H2,1-4H3,(H,19,21). The summed E-state index contributed by atoms with van der Waals surface area (Å²) in [6, 6.07) is 9.21. The van der Waals surface area contributed by atoms with Crippen molar-refractivity contribution in [2.45, 2.75) is 20.8 Å². The van der Waals surface area contributed by atoms with Crippen LogP contribution in [-0.4, -0.2) is 22.8 Å². The normalized spacial score (nSPS) is 10.4. The maximum absolute atomic E-state index is 12.3. The zero-order valence-electron chi connectivity index (χ0n) is 13.4. The molecule has 0 fully saturated rings. The van der Waals surface area contributed by atoms with Gasteiger partial charge in [-0.05, 0) is 38.1 Å². The Morgan fingerprint density at radius 2 is 1.82 bits per heavy atom. The third-order valence-corrected chi connectivity index (χ3v) is 3.71. The molecule has 0 bridgehead atoms. The minimum atomic E-state index is -0.122. The topological polar surface area (TPSA) is 63.1 Å². The molecule has 1 heterocycles. The quantitative estimate of drug-likeness (QED) is 0.834. The van der Waals surface area contributed by atoms with Gasteiger partial charge >= 0.3 is 0 Å². The van der Waals surface area contributed by atoms with Crippen LogP contribution < -0.4 is 10.6 Å². The van der Waals surface area contributed by atoms with E-state index in [0.717, 1.165) is 22.6 Å². The van der Waals surface area contributed by atoms with Gasteiger partial charge in [0.15, 0.2) is 5.78 Å². The average molecular weight is 299 g/mol. The highest BCUT2D eigenvalue weighted by molar-refractivity contribution is 6.00. The number of hydrogen-bond donors (Lipinski definition) is 2. The molecule has 1 aromatic heterocycles. The van der Waals surface area contributed by atoms with E-state index >= 15 is 0 Å². The number of Topliss-reactive ketones (excluding diaryl/α,β-unsaturated/α-hetero) is 1. The fourth-order valence-corrected chi connectivity index (χ4v) is 2.33. The third kappa shape index (κ3) is 3.55. The molecule has 0 unspecified atom stereocenters. The van der Waals surface area contributed by atoms with Crippen LogP contribution >= 0.6 is 0 Å². The first-order chi connectivity index (χ1) is 10.4. The van der Waals surface area contributed by atoms with Crippen LogP contribution in [0, 0.1) is 13.8 Å². The van der Waals surface area contributed by atoms with E-state index in [0.29, 0.717) is 5.69 Å². The van der Waals surface area contributed by atoms with E-state index in [1.54, 1.807) is 12.1 Å². The van der Waals surface area contributed by atoms with Gasteiger partial charge in [0.05, 0.1) is 6.54 Å². The van der Waals surface area contributed by atoms with Gasteiger partial charge in [-0.1, -0.05) is 6.07 Å². The molecule has 0 atom stereocenters. The third-order valence-electron chi connectivity index (χ3n) is 3.71. The Morgan fingerprint density at radius 1 is 1.14 bits per heavy atom. The number of carbonyl (C=O) groups excluding carboxylic acids is 2. The van der Waals surface area contributed by atoms with Gasteiger partial charge in [0, 0.05) is 42.3 Å². The molecule has 0 radical (unpaired) electrons. The van der Waals surface area contributed by atoms with Crippen molar-refractivity contribution in [1.29, 1.82) is 0 Å². The summed E-state index contributed by atoms with van der Waals surface area (Å²) in [4.78, 5) is 23.4. The number of ketones is 1. The van der Waals surface area contributed by atoms with Crippen LogP contribution in [0.4, 0.5) is 11.4 Å². The molecule has 0 aliphatic carbocycles.